The summed E-state index contributed by atoms with van der Waals surface area (Å²) in [4.78, 5) is 2.27. The van der Waals surface area contributed by atoms with Gasteiger partial charge in [-0.15, -0.1) is 0 Å². The van der Waals surface area contributed by atoms with E-state index in [1.54, 1.807) is 0 Å². The van der Waals surface area contributed by atoms with E-state index in [-0.39, 0.29) is 8.41 Å². The molecule has 0 aromatic rings. The molecule has 1 nitrogen and oxygen atoms in total. The molecule has 0 aliphatic rings. The van der Waals surface area contributed by atoms with Crippen molar-refractivity contribution < 1.29 is 0 Å². The highest BCUT2D eigenvalue weighted by molar-refractivity contribution is 5.75. The molecule has 2 heteroatoms. The van der Waals surface area contributed by atoms with Gasteiger partial charge < -0.3 is 4.90 Å². The van der Waals surface area contributed by atoms with Crippen molar-refractivity contribution in [2.75, 3.05) is 20.6 Å². The quantitative estimate of drug-likeness (QED) is 0.413. The van der Waals surface area contributed by atoms with Gasteiger partial charge in [0, 0.05) is 0 Å². The third kappa shape index (κ3) is 14.8. The van der Waals surface area contributed by atoms with E-state index in [4.69, 9.17) is 0 Å². The van der Waals surface area contributed by atoms with Crippen molar-refractivity contribution in [2.24, 2.45) is 0 Å². The summed E-state index contributed by atoms with van der Waals surface area (Å²) in [6.07, 6.45) is 9.90. The van der Waals surface area contributed by atoms with E-state index < -0.39 is 0 Å². The van der Waals surface area contributed by atoms with E-state index in [9.17, 15) is 0 Å². The van der Waals surface area contributed by atoms with E-state index in [0.717, 1.165) is 0 Å². The molecule has 0 fully saturated rings. The smallest absolute Gasteiger partial charge is 0.0814 e. The van der Waals surface area contributed by atoms with Crippen LogP contribution in [0, 0.1) is 0 Å². The Morgan fingerprint density at radius 2 is 1.23 bits per heavy atom. The second-order valence-electron chi connectivity index (χ2n) is 3.92. The van der Waals surface area contributed by atoms with Crippen LogP contribution in [0.25, 0.3) is 0 Å². The summed E-state index contributed by atoms with van der Waals surface area (Å²) in [6.45, 7) is 3.53. The van der Waals surface area contributed by atoms with Gasteiger partial charge in [0.25, 0.3) is 0 Å². The molecule has 0 heterocycles. The van der Waals surface area contributed by atoms with Crippen molar-refractivity contribution >= 4 is 8.41 Å². The number of unbranched alkanes of at least 4 members (excludes halogenated alkanes) is 6. The molecule has 0 saturated heterocycles. The van der Waals surface area contributed by atoms with Crippen LogP contribution < -0.4 is 0 Å². The average Bonchev–Trinajstić information content (AvgIpc) is 2.02. The van der Waals surface area contributed by atoms with Gasteiger partial charge in [0.1, 0.15) is 0 Å². The Hall–Kier alpha value is 0.0249. The van der Waals surface area contributed by atoms with E-state index in [0.29, 0.717) is 0 Å². The van der Waals surface area contributed by atoms with Crippen LogP contribution in [0.5, 0.6) is 0 Å². The normalized spacial score (nSPS) is 10.2. The topological polar surface area (TPSA) is 3.24 Å². The summed E-state index contributed by atoms with van der Waals surface area (Å²) in [5.41, 5.74) is 0. The predicted octanol–water partition coefficient (Wildman–Crippen LogP) is 2.11. The van der Waals surface area contributed by atoms with E-state index in [1.807, 2.05) is 0 Å². The lowest BCUT2D eigenvalue weighted by Crippen LogP contribution is -2.12. The number of nitrogens with zero attached hydrogens (tertiary/aromatic N) is 1. The van der Waals surface area contributed by atoms with Crippen LogP contribution in [0.1, 0.15) is 51.9 Å². The average molecular weight is 185 g/mol. The van der Waals surface area contributed by atoms with Crippen LogP contribution in [0.4, 0.5) is 0 Å². The van der Waals surface area contributed by atoms with Crippen LogP contribution in [-0.2, 0) is 0 Å². The maximum absolute atomic E-state index is 2.27. The predicted molar refractivity (Wildman–Crippen MR) is 66.5 cm³/mol. The molecule has 80 valence electrons. The second-order valence-corrected chi connectivity index (χ2v) is 3.92. The number of hydrogen-bond acceptors (Lipinski definition) is 1. The van der Waals surface area contributed by atoms with Gasteiger partial charge in [-0.3, -0.25) is 0 Å². The molecule has 0 saturated carbocycles. The lowest BCUT2D eigenvalue weighted by molar-refractivity contribution is 0.389. The molecule has 0 unspecified atom stereocenters. The zero-order valence-corrected chi connectivity index (χ0v) is 9.10. The van der Waals surface area contributed by atoms with Gasteiger partial charge in [-0.25, -0.2) is 0 Å². The fourth-order valence-corrected chi connectivity index (χ4v) is 1.39. The fourth-order valence-electron chi connectivity index (χ4n) is 1.39. The molecule has 0 N–H and O–H groups in total. The fraction of sp³-hybridized carbons (Fsp3) is 1.00. The maximum Gasteiger partial charge on any atom is 0.0814 e. The van der Waals surface area contributed by atoms with Crippen molar-refractivity contribution in [3.63, 3.8) is 0 Å². The minimum Gasteiger partial charge on any atom is -0.309 e. The third-order valence-corrected chi connectivity index (χ3v) is 2.21. The SMILES string of the molecule is B.CCCCCCCCCN(C)C. The lowest BCUT2D eigenvalue weighted by Gasteiger charge is -2.08. The molecular weight excluding hydrogens is 157 g/mol. The summed E-state index contributed by atoms with van der Waals surface area (Å²) >= 11 is 0. The van der Waals surface area contributed by atoms with Crippen LogP contribution in [0.2, 0.25) is 0 Å². The number of rotatable bonds is 8. The highest BCUT2D eigenvalue weighted by Crippen LogP contribution is 2.06. The van der Waals surface area contributed by atoms with Gasteiger partial charge in [-0.2, -0.15) is 0 Å². The molecule has 0 atom stereocenters. The zero-order valence-electron chi connectivity index (χ0n) is 9.10. The van der Waals surface area contributed by atoms with Gasteiger partial charge in [0.2, 0.25) is 0 Å². The Bertz CT molecular complexity index is 84.2. The van der Waals surface area contributed by atoms with Gasteiger partial charge >= 0.3 is 0 Å². The van der Waals surface area contributed by atoms with Crippen LogP contribution in [-0.4, -0.2) is 34.0 Å². The molecule has 0 aliphatic carbocycles. The summed E-state index contributed by atoms with van der Waals surface area (Å²) in [6, 6.07) is 0. The largest absolute Gasteiger partial charge is 0.309 e. The Balaban J connectivity index is 0. The Morgan fingerprint density at radius 3 is 1.69 bits per heavy atom. The molecule has 0 aliphatic heterocycles. The monoisotopic (exact) mass is 185 g/mol. The summed E-state index contributed by atoms with van der Waals surface area (Å²) in [5.74, 6) is 0. The lowest BCUT2D eigenvalue weighted by atomic mass is 10.1. The first-order valence-electron chi connectivity index (χ1n) is 5.42. The standard InChI is InChI=1S/C11H25N.BH3/c1-4-5-6-7-8-9-10-11-12(2)3;/h4-11H2,1-3H3;1H3. The Kier molecular flexibility index (Phi) is 14.3. The summed E-state index contributed by atoms with van der Waals surface area (Å²) in [5, 5.41) is 0. The number of hydrogen-bond donors (Lipinski definition) is 0. The Labute approximate surface area is 86.5 Å². The van der Waals surface area contributed by atoms with Crippen molar-refractivity contribution in [3.8, 4) is 0 Å². The first-order chi connectivity index (χ1) is 5.77. The minimum atomic E-state index is 0. The molecule has 0 rings (SSSR count). The van der Waals surface area contributed by atoms with E-state index in [1.165, 1.54) is 51.5 Å². The highest BCUT2D eigenvalue weighted by atomic mass is 15.0. The van der Waals surface area contributed by atoms with Gasteiger partial charge in [0.15, 0.2) is 0 Å². The van der Waals surface area contributed by atoms with E-state index in [2.05, 4.69) is 25.9 Å². The van der Waals surface area contributed by atoms with Crippen LogP contribution in [0.3, 0.4) is 0 Å². The Morgan fingerprint density at radius 1 is 0.769 bits per heavy atom. The van der Waals surface area contributed by atoms with Gasteiger partial charge in [-0.05, 0) is 27.1 Å². The van der Waals surface area contributed by atoms with Crippen LogP contribution >= 0.6 is 0 Å². The first-order valence-corrected chi connectivity index (χ1v) is 5.42. The third-order valence-electron chi connectivity index (χ3n) is 2.21. The van der Waals surface area contributed by atoms with Crippen molar-refractivity contribution in [2.45, 2.75) is 51.9 Å². The van der Waals surface area contributed by atoms with E-state index >= 15 is 0 Å². The molecule has 0 amide bonds. The zero-order chi connectivity index (χ0) is 9.23. The van der Waals surface area contributed by atoms with Crippen molar-refractivity contribution in [1.29, 1.82) is 0 Å². The summed E-state index contributed by atoms with van der Waals surface area (Å²) in [7, 11) is 4.30. The van der Waals surface area contributed by atoms with Crippen molar-refractivity contribution in [3.05, 3.63) is 0 Å². The van der Waals surface area contributed by atoms with Gasteiger partial charge in [0.05, 0.1) is 8.41 Å². The maximum atomic E-state index is 2.27. The molecule has 13 heavy (non-hydrogen) atoms. The van der Waals surface area contributed by atoms with Crippen LogP contribution in [0.15, 0.2) is 0 Å². The molecule has 0 bridgehead atoms. The minimum absolute atomic E-state index is 0. The summed E-state index contributed by atoms with van der Waals surface area (Å²) < 4.78 is 0. The van der Waals surface area contributed by atoms with Crippen molar-refractivity contribution in [1.82, 2.24) is 4.90 Å². The highest BCUT2D eigenvalue weighted by Gasteiger charge is 1.91. The molecule has 0 spiro atoms. The molecule has 0 aromatic heterocycles. The van der Waals surface area contributed by atoms with Gasteiger partial charge in [-0.1, -0.05) is 45.4 Å². The first kappa shape index (κ1) is 15.5. The molecule has 0 radical (unpaired) electrons. The molecule has 0 aromatic carbocycles. The molecular formula is C11H28BN. The second kappa shape index (κ2) is 12.0.